The van der Waals surface area contributed by atoms with Gasteiger partial charge in [-0.2, -0.15) is 0 Å². The normalized spacial score (nSPS) is 35.0. The maximum atomic E-state index is 6.63. The predicted molar refractivity (Wildman–Crippen MR) is 60.4 cm³/mol. The Morgan fingerprint density at radius 1 is 1.29 bits per heavy atom. The van der Waals surface area contributed by atoms with E-state index in [1.807, 2.05) is 0 Å². The number of nitrogens with zero attached hydrogens (tertiary/aromatic N) is 1. The van der Waals surface area contributed by atoms with Crippen LogP contribution in [0.5, 0.6) is 0 Å². The van der Waals surface area contributed by atoms with Crippen LogP contribution >= 0.6 is 17.9 Å². The first kappa shape index (κ1) is 9.72. The molecule has 1 aliphatic heterocycles. The first-order valence-corrected chi connectivity index (χ1v) is 13.3. The summed E-state index contributed by atoms with van der Waals surface area (Å²) in [4.78, 5) is 0. The zero-order valence-corrected chi connectivity index (χ0v) is 11.5. The van der Waals surface area contributed by atoms with Gasteiger partial charge >= 0.3 is 95.8 Å². The number of hydrogen-bond donors (Lipinski definition) is 0. The van der Waals surface area contributed by atoms with Gasteiger partial charge in [0, 0.05) is 0 Å². The molecule has 2 aliphatic rings. The van der Waals surface area contributed by atoms with Crippen LogP contribution in [-0.4, -0.2) is 15.9 Å². The molecule has 0 radical (unpaired) electrons. The van der Waals surface area contributed by atoms with Crippen LogP contribution in [0.3, 0.4) is 0 Å². The molecule has 1 aromatic rings. The molecule has 0 bridgehead atoms. The fourth-order valence-corrected chi connectivity index (χ4v) is 13.4. The second-order valence-corrected chi connectivity index (χ2v) is 17.4. The summed E-state index contributed by atoms with van der Waals surface area (Å²) < 4.78 is 4.20. The molecule has 1 aromatic heterocycles. The Labute approximate surface area is 95.3 Å². The number of aromatic nitrogens is 1. The Morgan fingerprint density at radius 2 is 2.14 bits per heavy atom. The van der Waals surface area contributed by atoms with Crippen molar-refractivity contribution in [3.63, 3.8) is 0 Å². The molecule has 4 heteroatoms. The summed E-state index contributed by atoms with van der Waals surface area (Å²) in [6.45, 7) is 0. The Bertz CT molecular complexity index is 380. The van der Waals surface area contributed by atoms with Crippen LogP contribution in [0.1, 0.15) is 25.3 Å². The van der Waals surface area contributed by atoms with Crippen LogP contribution in [0.25, 0.3) is 0 Å². The molecule has 1 aliphatic carbocycles. The minimum atomic E-state index is -2.74. The Balaban J connectivity index is 2.20. The molecule has 76 valence electrons. The molecule has 1 nitrogen and oxygen atoms in total. The van der Waals surface area contributed by atoms with Crippen LogP contribution in [0.15, 0.2) is 24.4 Å². The zero-order chi connectivity index (χ0) is 9.76. The van der Waals surface area contributed by atoms with E-state index in [2.05, 4.69) is 29.0 Å². The molecular formula is C10H12Cl2NTe+. The average Bonchev–Trinajstić information content (AvgIpc) is 2.72. The Morgan fingerprint density at radius 3 is 3.00 bits per heavy atom. The standard InChI is InChI=1S/C10H12Cl2NTe/c11-14(12)9-5-3-4-8(9)13-7-2-1-6-10(13)14/h1-2,6-9H,3-5H2/q+1/t8-,9+/m0/s1. The van der Waals surface area contributed by atoms with Crippen molar-refractivity contribution >= 4 is 37.6 Å². The van der Waals surface area contributed by atoms with Crippen LogP contribution in [0, 0.1) is 0 Å². The molecule has 1 fully saturated rings. The molecular weight excluding hydrogens is 333 g/mol. The number of hydrogen-bond acceptors (Lipinski definition) is 0. The molecule has 2 heterocycles. The number of pyridine rings is 1. The Hall–Kier alpha value is 0.520. The van der Waals surface area contributed by atoms with Crippen molar-refractivity contribution in [3.8, 4) is 0 Å². The summed E-state index contributed by atoms with van der Waals surface area (Å²) in [5.41, 5.74) is 0. The third kappa shape index (κ3) is 1.18. The van der Waals surface area contributed by atoms with E-state index in [9.17, 15) is 0 Å². The zero-order valence-electron chi connectivity index (χ0n) is 7.70. The van der Waals surface area contributed by atoms with E-state index in [-0.39, 0.29) is 0 Å². The number of fused-ring (bicyclic) bond motifs is 3. The van der Waals surface area contributed by atoms with Gasteiger partial charge in [-0.3, -0.25) is 0 Å². The summed E-state index contributed by atoms with van der Waals surface area (Å²) >= 11 is -2.74. The fourth-order valence-electron chi connectivity index (χ4n) is 2.67. The van der Waals surface area contributed by atoms with Gasteiger partial charge in [0.1, 0.15) is 0 Å². The van der Waals surface area contributed by atoms with Crippen molar-refractivity contribution < 1.29 is 4.57 Å². The summed E-state index contributed by atoms with van der Waals surface area (Å²) in [6.07, 6.45) is 5.94. The van der Waals surface area contributed by atoms with E-state index in [0.29, 0.717) is 10.0 Å². The average molecular weight is 345 g/mol. The van der Waals surface area contributed by atoms with E-state index in [0.717, 1.165) is 0 Å². The third-order valence-corrected chi connectivity index (χ3v) is 14.8. The predicted octanol–water partition coefficient (Wildman–Crippen LogP) is 2.21. The van der Waals surface area contributed by atoms with Crippen molar-refractivity contribution in [1.82, 2.24) is 0 Å². The van der Waals surface area contributed by atoms with E-state index in [4.69, 9.17) is 17.9 Å². The van der Waals surface area contributed by atoms with E-state index < -0.39 is 15.9 Å². The molecule has 0 saturated heterocycles. The first-order chi connectivity index (χ1) is 6.71. The molecule has 0 aromatic carbocycles. The molecule has 0 unspecified atom stereocenters. The maximum absolute atomic E-state index is 6.63. The number of rotatable bonds is 0. The van der Waals surface area contributed by atoms with Crippen LogP contribution in [-0.2, 0) is 0 Å². The van der Waals surface area contributed by atoms with Crippen molar-refractivity contribution in [2.75, 3.05) is 0 Å². The Kier molecular flexibility index (Phi) is 2.26. The van der Waals surface area contributed by atoms with Gasteiger partial charge in [-0.15, -0.1) is 0 Å². The summed E-state index contributed by atoms with van der Waals surface area (Å²) in [7, 11) is 13.3. The van der Waals surface area contributed by atoms with Gasteiger partial charge in [-0.05, 0) is 0 Å². The SMILES string of the molecule is Cl[Te]1(Cl)c2cccc[n+]2[C@H]2CCC[C@H]21. The van der Waals surface area contributed by atoms with Crippen molar-refractivity contribution in [2.45, 2.75) is 29.3 Å². The van der Waals surface area contributed by atoms with E-state index >= 15 is 0 Å². The third-order valence-electron chi connectivity index (χ3n) is 3.29. The molecule has 0 N–H and O–H groups in total. The van der Waals surface area contributed by atoms with Gasteiger partial charge in [-0.25, -0.2) is 0 Å². The summed E-state index contributed by atoms with van der Waals surface area (Å²) in [5.74, 6) is 0. The molecule has 0 spiro atoms. The molecule has 2 atom stereocenters. The summed E-state index contributed by atoms with van der Waals surface area (Å²) in [5, 5.41) is 0. The first-order valence-electron chi connectivity index (χ1n) is 4.93. The number of halogens is 2. The van der Waals surface area contributed by atoms with Gasteiger partial charge < -0.3 is 0 Å². The second-order valence-electron chi connectivity index (χ2n) is 3.99. The fraction of sp³-hybridized carbons (Fsp3) is 0.500. The van der Waals surface area contributed by atoms with E-state index in [1.165, 1.54) is 23.0 Å². The monoisotopic (exact) mass is 346 g/mol. The van der Waals surface area contributed by atoms with Crippen molar-refractivity contribution in [1.29, 1.82) is 0 Å². The van der Waals surface area contributed by atoms with Crippen LogP contribution in [0.2, 0.25) is 3.97 Å². The van der Waals surface area contributed by atoms with Gasteiger partial charge in [0.25, 0.3) is 0 Å². The molecule has 3 rings (SSSR count). The van der Waals surface area contributed by atoms with Gasteiger partial charge in [0.05, 0.1) is 0 Å². The van der Waals surface area contributed by atoms with Gasteiger partial charge in [-0.1, -0.05) is 0 Å². The summed E-state index contributed by atoms with van der Waals surface area (Å²) in [6, 6.07) is 6.87. The topological polar surface area (TPSA) is 3.88 Å². The van der Waals surface area contributed by atoms with Crippen LogP contribution in [0.4, 0.5) is 0 Å². The van der Waals surface area contributed by atoms with Crippen molar-refractivity contribution in [3.05, 3.63) is 24.4 Å². The van der Waals surface area contributed by atoms with Crippen molar-refractivity contribution in [2.24, 2.45) is 0 Å². The van der Waals surface area contributed by atoms with Gasteiger partial charge in [0.15, 0.2) is 0 Å². The van der Waals surface area contributed by atoms with Crippen LogP contribution < -0.4 is 8.31 Å². The van der Waals surface area contributed by atoms with Gasteiger partial charge in [0.2, 0.25) is 0 Å². The van der Waals surface area contributed by atoms with E-state index in [1.54, 1.807) is 0 Å². The molecule has 14 heavy (non-hydrogen) atoms. The quantitative estimate of drug-likeness (QED) is 0.502. The molecule has 0 amide bonds. The molecule has 1 saturated carbocycles. The second kappa shape index (κ2) is 3.25. The minimum absolute atomic E-state index is 0.600.